The summed E-state index contributed by atoms with van der Waals surface area (Å²) < 4.78 is 5.71. The summed E-state index contributed by atoms with van der Waals surface area (Å²) in [7, 11) is 0. The standard InChI is InChI=1S/C17H19N3O/c1-2-4-16-14(3-1)15(7-8-21-16)17-19-10-12(11-20-17)9-18-13-5-6-13/h1-4,10-11,13,15,18H,5-9H2. The van der Waals surface area contributed by atoms with Crippen LogP contribution in [-0.2, 0) is 6.54 Å². The summed E-state index contributed by atoms with van der Waals surface area (Å²) in [6, 6.07) is 8.91. The van der Waals surface area contributed by atoms with Crippen molar-refractivity contribution in [3.05, 3.63) is 53.6 Å². The Kier molecular flexibility index (Phi) is 3.31. The SMILES string of the molecule is c1ccc2c(c1)OCCC2c1ncc(CNC2CC2)cn1. The monoisotopic (exact) mass is 281 g/mol. The van der Waals surface area contributed by atoms with E-state index in [1.165, 1.54) is 18.4 Å². The van der Waals surface area contributed by atoms with Gasteiger partial charge in [-0.3, -0.25) is 0 Å². The first-order valence-electron chi connectivity index (χ1n) is 7.66. The average Bonchev–Trinajstić information content (AvgIpc) is 3.37. The van der Waals surface area contributed by atoms with Gasteiger partial charge in [-0.25, -0.2) is 9.97 Å². The Balaban J connectivity index is 1.53. The lowest BCUT2D eigenvalue weighted by Gasteiger charge is -2.24. The summed E-state index contributed by atoms with van der Waals surface area (Å²) in [5.41, 5.74) is 2.36. The van der Waals surface area contributed by atoms with Gasteiger partial charge in [-0.15, -0.1) is 0 Å². The van der Waals surface area contributed by atoms with E-state index in [-0.39, 0.29) is 5.92 Å². The highest BCUT2D eigenvalue weighted by atomic mass is 16.5. The van der Waals surface area contributed by atoms with Gasteiger partial charge < -0.3 is 10.1 Å². The van der Waals surface area contributed by atoms with Gasteiger partial charge in [0, 0.05) is 36.1 Å². The zero-order valence-electron chi connectivity index (χ0n) is 12.0. The number of rotatable bonds is 4. The molecule has 1 aliphatic heterocycles. The number of benzene rings is 1. The highest BCUT2D eigenvalue weighted by Gasteiger charge is 2.25. The van der Waals surface area contributed by atoms with E-state index in [4.69, 9.17) is 4.74 Å². The van der Waals surface area contributed by atoms with Gasteiger partial charge in [0.1, 0.15) is 11.6 Å². The third-order valence-electron chi connectivity index (χ3n) is 4.17. The predicted octanol–water partition coefficient (Wildman–Crippen LogP) is 2.64. The van der Waals surface area contributed by atoms with Gasteiger partial charge in [-0.05, 0) is 25.3 Å². The number of nitrogens with zero attached hydrogens (tertiary/aromatic N) is 2. The number of hydrogen-bond acceptors (Lipinski definition) is 4. The molecule has 1 aliphatic carbocycles. The van der Waals surface area contributed by atoms with E-state index in [9.17, 15) is 0 Å². The molecule has 2 heterocycles. The zero-order valence-corrected chi connectivity index (χ0v) is 12.0. The molecule has 4 nitrogen and oxygen atoms in total. The van der Waals surface area contributed by atoms with Gasteiger partial charge >= 0.3 is 0 Å². The van der Waals surface area contributed by atoms with Crippen LogP contribution in [0, 0.1) is 0 Å². The van der Waals surface area contributed by atoms with Crippen molar-refractivity contribution in [2.24, 2.45) is 0 Å². The van der Waals surface area contributed by atoms with Gasteiger partial charge in [-0.1, -0.05) is 18.2 Å². The fourth-order valence-corrected chi connectivity index (χ4v) is 2.80. The molecule has 1 fully saturated rings. The maximum absolute atomic E-state index is 5.71. The van der Waals surface area contributed by atoms with Crippen LogP contribution in [0.2, 0.25) is 0 Å². The zero-order chi connectivity index (χ0) is 14.1. The molecule has 1 unspecified atom stereocenters. The lowest BCUT2D eigenvalue weighted by molar-refractivity contribution is 0.274. The van der Waals surface area contributed by atoms with Crippen LogP contribution in [0.5, 0.6) is 5.75 Å². The van der Waals surface area contributed by atoms with E-state index < -0.39 is 0 Å². The van der Waals surface area contributed by atoms with Crippen LogP contribution in [0.25, 0.3) is 0 Å². The highest BCUT2D eigenvalue weighted by Crippen LogP contribution is 2.36. The quantitative estimate of drug-likeness (QED) is 0.936. The number of ether oxygens (including phenoxy) is 1. The fraction of sp³-hybridized carbons (Fsp3) is 0.412. The van der Waals surface area contributed by atoms with Gasteiger partial charge in [0.05, 0.1) is 12.5 Å². The lowest BCUT2D eigenvalue weighted by Crippen LogP contribution is -2.18. The smallest absolute Gasteiger partial charge is 0.135 e. The molecule has 0 bridgehead atoms. The second kappa shape index (κ2) is 5.45. The number of hydrogen-bond donors (Lipinski definition) is 1. The Morgan fingerprint density at radius 3 is 2.71 bits per heavy atom. The summed E-state index contributed by atoms with van der Waals surface area (Å²) in [5, 5.41) is 3.49. The van der Waals surface area contributed by atoms with Gasteiger partial charge in [0.25, 0.3) is 0 Å². The maximum Gasteiger partial charge on any atom is 0.135 e. The summed E-state index contributed by atoms with van der Waals surface area (Å²) in [4.78, 5) is 9.19. The molecular weight excluding hydrogens is 262 g/mol. The molecule has 1 aromatic heterocycles. The van der Waals surface area contributed by atoms with E-state index in [1.54, 1.807) is 0 Å². The van der Waals surface area contributed by atoms with Gasteiger partial charge in [-0.2, -0.15) is 0 Å². The largest absolute Gasteiger partial charge is 0.493 e. The topological polar surface area (TPSA) is 47.0 Å². The second-order valence-corrected chi connectivity index (χ2v) is 5.83. The molecule has 0 spiro atoms. The van der Waals surface area contributed by atoms with Crippen LogP contribution in [-0.4, -0.2) is 22.6 Å². The van der Waals surface area contributed by atoms with Crippen LogP contribution >= 0.6 is 0 Å². The first kappa shape index (κ1) is 12.8. The molecule has 1 atom stereocenters. The second-order valence-electron chi connectivity index (χ2n) is 5.83. The lowest BCUT2D eigenvalue weighted by atomic mass is 9.92. The third kappa shape index (κ3) is 2.76. The van der Waals surface area contributed by atoms with Crippen LogP contribution in [0.1, 0.15) is 42.1 Å². The molecule has 4 heteroatoms. The number of nitrogens with one attached hydrogen (secondary N) is 1. The van der Waals surface area contributed by atoms with Crippen molar-refractivity contribution in [3.8, 4) is 5.75 Å². The van der Waals surface area contributed by atoms with Crippen LogP contribution in [0.15, 0.2) is 36.7 Å². The minimum Gasteiger partial charge on any atom is -0.493 e. The first-order valence-corrected chi connectivity index (χ1v) is 7.66. The van der Waals surface area contributed by atoms with Crippen LogP contribution in [0.3, 0.4) is 0 Å². The van der Waals surface area contributed by atoms with Gasteiger partial charge in [0.15, 0.2) is 0 Å². The Labute approximate surface area is 124 Å². The summed E-state index contributed by atoms with van der Waals surface area (Å²) >= 11 is 0. The maximum atomic E-state index is 5.71. The molecule has 0 amide bonds. The average molecular weight is 281 g/mol. The Bertz CT molecular complexity index is 622. The van der Waals surface area contributed by atoms with Gasteiger partial charge in [0.2, 0.25) is 0 Å². The molecule has 2 aromatic rings. The molecule has 21 heavy (non-hydrogen) atoms. The molecule has 1 aromatic carbocycles. The number of fused-ring (bicyclic) bond motifs is 1. The molecule has 4 rings (SSSR count). The summed E-state index contributed by atoms with van der Waals surface area (Å²) in [6.45, 7) is 1.60. The fourth-order valence-electron chi connectivity index (χ4n) is 2.80. The van der Waals surface area contributed by atoms with Crippen molar-refractivity contribution < 1.29 is 4.74 Å². The normalized spacial score (nSPS) is 20.7. The minimum atomic E-state index is 0.250. The number of aromatic nitrogens is 2. The Morgan fingerprint density at radius 2 is 1.90 bits per heavy atom. The van der Waals surface area contributed by atoms with Crippen molar-refractivity contribution in [1.29, 1.82) is 0 Å². The highest BCUT2D eigenvalue weighted by molar-refractivity contribution is 5.40. The summed E-state index contributed by atoms with van der Waals surface area (Å²) in [6.07, 6.45) is 7.46. The summed E-state index contributed by atoms with van der Waals surface area (Å²) in [5.74, 6) is 2.12. The predicted molar refractivity (Wildman–Crippen MR) is 80.3 cm³/mol. The molecule has 2 aliphatic rings. The van der Waals surface area contributed by atoms with Crippen LogP contribution in [0.4, 0.5) is 0 Å². The van der Waals surface area contributed by atoms with Crippen molar-refractivity contribution in [2.45, 2.75) is 37.8 Å². The van der Waals surface area contributed by atoms with Crippen molar-refractivity contribution >= 4 is 0 Å². The van der Waals surface area contributed by atoms with Crippen molar-refractivity contribution in [1.82, 2.24) is 15.3 Å². The molecular formula is C17H19N3O. The molecule has 108 valence electrons. The minimum absolute atomic E-state index is 0.250. The first-order chi connectivity index (χ1) is 10.4. The molecule has 1 N–H and O–H groups in total. The van der Waals surface area contributed by atoms with Crippen LogP contribution < -0.4 is 10.1 Å². The van der Waals surface area contributed by atoms with E-state index in [0.29, 0.717) is 6.04 Å². The van der Waals surface area contributed by atoms with E-state index in [0.717, 1.165) is 36.7 Å². The van der Waals surface area contributed by atoms with E-state index in [2.05, 4.69) is 27.4 Å². The Hall–Kier alpha value is -1.94. The van der Waals surface area contributed by atoms with Crippen molar-refractivity contribution in [2.75, 3.05) is 6.61 Å². The number of para-hydroxylation sites is 1. The van der Waals surface area contributed by atoms with E-state index >= 15 is 0 Å². The Morgan fingerprint density at radius 1 is 1.10 bits per heavy atom. The molecule has 0 radical (unpaired) electrons. The molecule has 1 saturated carbocycles. The van der Waals surface area contributed by atoms with E-state index in [1.807, 2.05) is 24.5 Å². The van der Waals surface area contributed by atoms with Crippen molar-refractivity contribution in [3.63, 3.8) is 0 Å². The molecule has 0 saturated heterocycles. The third-order valence-corrected chi connectivity index (χ3v) is 4.17.